The van der Waals surface area contributed by atoms with E-state index in [0.717, 1.165) is 5.75 Å². The van der Waals surface area contributed by atoms with Gasteiger partial charge in [0.2, 0.25) is 5.56 Å². The molecule has 0 aliphatic carbocycles. The maximum Gasteiger partial charge on any atom is 0.249 e. The van der Waals surface area contributed by atoms with E-state index in [9.17, 15) is 4.79 Å². The van der Waals surface area contributed by atoms with Gasteiger partial charge in [0.05, 0.1) is 11.6 Å². The summed E-state index contributed by atoms with van der Waals surface area (Å²) in [6.07, 6.45) is 1.51. The lowest BCUT2D eigenvalue weighted by Gasteiger charge is -2.07. The molecular formula is C12H10BrNO3. The minimum atomic E-state index is -0.182. The van der Waals surface area contributed by atoms with Gasteiger partial charge in [0, 0.05) is 12.3 Å². The van der Waals surface area contributed by atoms with E-state index >= 15 is 0 Å². The van der Waals surface area contributed by atoms with Gasteiger partial charge in [0.25, 0.3) is 0 Å². The fourth-order valence-electron chi connectivity index (χ4n) is 1.28. The predicted molar refractivity (Wildman–Crippen MR) is 67.8 cm³/mol. The van der Waals surface area contributed by atoms with Crippen molar-refractivity contribution < 1.29 is 9.47 Å². The molecule has 88 valence electrons. The number of methoxy groups -OCH3 is 1. The second-order valence-corrected chi connectivity index (χ2v) is 4.14. The second-order valence-electron chi connectivity index (χ2n) is 3.29. The van der Waals surface area contributed by atoms with Crippen molar-refractivity contribution >= 4 is 15.9 Å². The molecule has 1 aromatic heterocycles. The molecule has 0 spiro atoms. The van der Waals surface area contributed by atoms with Gasteiger partial charge in [-0.3, -0.25) is 4.79 Å². The molecule has 0 amide bonds. The van der Waals surface area contributed by atoms with Crippen molar-refractivity contribution in [1.29, 1.82) is 0 Å². The summed E-state index contributed by atoms with van der Waals surface area (Å²) in [5.41, 5.74) is -0.182. The summed E-state index contributed by atoms with van der Waals surface area (Å²) in [6.45, 7) is 0. The molecule has 0 bridgehead atoms. The van der Waals surface area contributed by atoms with Crippen LogP contribution < -0.4 is 15.0 Å². The number of ether oxygens (including phenoxy) is 2. The number of aromatic amines is 1. The molecule has 0 fully saturated rings. The third-order valence-corrected chi connectivity index (χ3v) is 2.75. The largest absolute Gasteiger partial charge is 0.497 e. The Bertz CT molecular complexity index is 563. The topological polar surface area (TPSA) is 51.3 Å². The van der Waals surface area contributed by atoms with Gasteiger partial charge in [0.15, 0.2) is 5.75 Å². The van der Waals surface area contributed by atoms with E-state index in [1.54, 1.807) is 31.4 Å². The monoisotopic (exact) mass is 295 g/mol. The number of hydrogen-bond donors (Lipinski definition) is 1. The number of pyridine rings is 1. The van der Waals surface area contributed by atoms with Crippen LogP contribution in [-0.4, -0.2) is 12.1 Å². The average Bonchev–Trinajstić information content (AvgIpc) is 2.34. The van der Waals surface area contributed by atoms with Gasteiger partial charge in [0.1, 0.15) is 11.5 Å². The van der Waals surface area contributed by atoms with Crippen molar-refractivity contribution in [1.82, 2.24) is 4.98 Å². The molecule has 4 nitrogen and oxygen atoms in total. The van der Waals surface area contributed by atoms with Crippen LogP contribution in [0.4, 0.5) is 0 Å². The highest BCUT2D eigenvalue weighted by atomic mass is 79.9. The number of rotatable bonds is 3. The van der Waals surface area contributed by atoms with Crippen LogP contribution in [-0.2, 0) is 0 Å². The Morgan fingerprint density at radius 1 is 1.18 bits per heavy atom. The molecule has 5 heteroatoms. The third kappa shape index (κ3) is 2.88. The summed E-state index contributed by atoms with van der Waals surface area (Å²) >= 11 is 3.26. The average molecular weight is 296 g/mol. The van der Waals surface area contributed by atoms with Crippen LogP contribution in [0.25, 0.3) is 0 Å². The lowest BCUT2D eigenvalue weighted by Crippen LogP contribution is -2.03. The number of benzene rings is 1. The van der Waals surface area contributed by atoms with Crippen LogP contribution in [0.1, 0.15) is 0 Å². The third-order valence-electron chi connectivity index (χ3n) is 2.13. The number of hydrogen-bond acceptors (Lipinski definition) is 3. The van der Waals surface area contributed by atoms with Gasteiger partial charge < -0.3 is 14.5 Å². The Hall–Kier alpha value is -1.75. The van der Waals surface area contributed by atoms with Crippen LogP contribution >= 0.6 is 15.9 Å². The zero-order valence-electron chi connectivity index (χ0n) is 9.07. The van der Waals surface area contributed by atoms with Gasteiger partial charge in [-0.15, -0.1) is 0 Å². The molecule has 0 saturated carbocycles. The Balaban J connectivity index is 2.22. The van der Waals surface area contributed by atoms with Crippen molar-refractivity contribution in [3.63, 3.8) is 0 Å². The van der Waals surface area contributed by atoms with Gasteiger partial charge >= 0.3 is 0 Å². The van der Waals surface area contributed by atoms with Crippen LogP contribution in [0.5, 0.6) is 17.2 Å². The fraction of sp³-hybridized carbons (Fsp3) is 0.0833. The number of H-pyrrole nitrogens is 1. The van der Waals surface area contributed by atoms with Gasteiger partial charge in [-0.25, -0.2) is 0 Å². The molecule has 17 heavy (non-hydrogen) atoms. The lowest BCUT2D eigenvalue weighted by atomic mass is 10.3. The standard InChI is InChI=1S/C12H10BrNO3/c1-16-8-2-4-9(5-3-8)17-11-7-14-12(15)6-10(11)13/h2-7H,1H3,(H,14,15). The molecule has 0 aliphatic heterocycles. The molecule has 0 unspecified atom stereocenters. The Kier molecular flexibility index (Phi) is 3.49. The first-order valence-corrected chi connectivity index (χ1v) is 5.68. The van der Waals surface area contributed by atoms with E-state index in [1.807, 2.05) is 0 Å². The van der Waals surface area contributed by atoms with Gasteiger partial charge in [-0.05, 0) is 40.2 Å². The van der Waals surface area contributed by atoms with Crippen LogP contribution in [0.3, 0.4) is 0 Å². The van der Waals surface area contributed by atoms with Crippen molar-refractivity contribution in [3.8, 4) is 17.2 Å². The SMILES string of the molecule is COc1ccc(Oc2c[nH]c(=O)cc2Br)cc1. The van der Waals surface area contributed by atoms with Crippen LogP contribution in [0.15, 0.2) is 45.8 Å². The van der Waals surface area contributed by atoms with Crippen molar-refractivity contribution in [3.05, 3.63) is 51.4 Å². The van der Waals surface area contributed by atoms with Crippen molar-refractivity contribution in [2.45, 2.75) is 0 Å². The molecule has 2 aromatic rings. The second kappa shape index (κ2) is 5.05. The Morgan fingerprint density at radius 3 is 2.41 bits per heavy atom. The highest BCUT2D eigenvalue weighted by molar-refractivity contribution is 9.10. The minimum absolute atomic E-state index is 0.182. The molecule has 2 rings (SSSR count). The fourth-order valence-corrected chi connectivity index (χ4v) is 1.69. The summed E-state index contributed by atoms with van der Waals surface area (Å²) in [7, 11) is 1.61. The smallest absolute Gasteiger partial charge is 0.249 e. The molecule has 1 aromatic carbocycles. The quantitative estimate of drug-likeness (QED) is 0.947. The molecule has 1 N–H and O–H groups in total. The molecule has 0 saturated heterocycles. The molecule has 0 radical (unpaired) electrons. The summed E-state index contributed by atoms with van der Waals surface area (Å²) in [5, 5.41) is 0. The highest BCUT2D eigenvalue weighted by Gasteiger charge is 2.03. The van der Waals surface area contributed by atoms with Crippen molar-refractivity contribution in [2.24, 2.45) is 0 Å². The molecule has 1 heterocycles. The summed E-state index contributed by atoms with van der Waals surface area (Å²) in [6, 6.07) is 8.59. The van der Waals surface area contributed by atoms with Gasteiger partial charge in [-0.1, -0.05) is 0 Å². The predicted octanol–water partition coefficient (Wildman–Crippen LogP) is 2.94. The lowest BCUT2D eigenvalue weighted by molar-refractivity contribution is 0.412. The van der Waals surface area contributed by atoms with E-state index in [1.165, 1.54) is 12.3 Å². The maximum atomic E-state index is 11.0. The zero-order chi connectivity index (χ0) is 12.3. The number of halogens is 1. The Morgan fingerprint density at radius 2 is 1.82 bits per heavy atom. The molecule has 0 aliphatic rings. The van der Waals surface area contributed by atoms with E-state index in [2.05, 4.69) is 20.9 Å². The van der Waals surface area contributed by atoms with E-state index < -0.39 is 0 Å². The molecular weight excluding hydrogens is 286 g/mol. The number of nitrogens with one attached hydrogen (secondary N) is 1. The van der Waals surface area contributed by atoms with E-state index in [4.69, 9.17) is 9.47 Å². The first-order valence-electron chi connectivity index (χ1n) is 4.89. The van der Waals surface area contributed by atoms with Gasteiger partial charge in [-0.2, -0.15) is 0 Å². The number of aromatic nitrogens is 1. The van der Waals surface area contributed by atoms with Crippen LogP contribution in [0, 0.1) is 0 Å². The first kappa shape index (κ1) is 11.7. The maximum absolute atomic E-state index is 11.0. The van der Waals surface area contributed by atoms with Crippen molar-refractivity contribution in [2.75, 3.05) is 7.11 Å². The summed E-state index contributed by atoms with van der Waals surface area (Å²) < 4.78 is 11.2. The normalized spacial score (nSPS) is 10.0. The van der Waals surface area contributed by atoms with E-state index in [0.29, 0.717) is 16.0 Å². The Labute approximate surface area is 106 Å². The molecule has 0 atom stereocenters. The summed E-state index contributed by atoms with van der Waals surface area (Å²) in [4.78, 5) is 13.6. The summed E-state index contributed by atoms with van der Waals surface area (Å²) in [5.74, 6) is 1.98. The zero-order valence-corrected chi connectivity index (χ0v) is 10.7. The highest BCUT2D eigenvalue weighted by Crippen LogP contribution is 2.28. The first-order chi connectivity index (χ1) is 8.19. The van der Waals surface area contributed by atoms with Crippen LogP contribution in [0.2, 0.25) is 0 Å². The van der Waals surface area contributed by atoms with E-state index in [-0.39, 0.29) is 5.56 Å². The minimum Gasteiger partial charge on any atom is -0.497 e.